The lowest BCUT2D eigenvalue weighted by molar-refractivity contribution is 0.0520. The highest BCUT2D eigenvalue weighted by Gasteiger charge is 2.36. The lowest BCUT2D eigenvalue weighted by Crippen LogP contribution is -2.33. The van der Waals surface area contributed by atoms with Gasteiger partial charge in [-0.2, -0.15) is 0 Å². The van der Waals surface area contributed by atoms with E-state index in [9.17, 15) is 0 Å². The van der Waals surface area contributed by atoms with Gasteiger partial charge in [0.05, 0.1) is 10.6 Å². The summed E-state index contributed by atoms with van der Waals surface area (Å²) in [5.74, 6) is 0.894. The number of ether oxygens (including phenoxy) is 1. The molecule has 0 N–H and O–H groups in total. The molecule has 0 unspecified atom stereocenters. The molecule has 0 aliphatic heterocycles. The molecule has 4 nitrogen and oxygen atoms in total. The molecule has 0 saturated heterocycles. The van der Waals surface area contributed by atoms with Gasteiger partial charge in [0.25, 0.3) is 0 Å². The topological polar surface area (TPSA) is 39.4 Å². The van der Waals surface area contributed by atoms with Crippen molar-refractivity contribution < 1.29 is 4.74 Å². The van der Waals surface area contributed by atoms with E-state index in [4.69, 9.17) is 4.74 Å². The number of rotatable bonds is 2. The Hall–Kier alpha value is -1.10. The Morgan fingerprint density at radius 3 is 2.68 bits per heavy atom. The van der Waals surface area contributed by atoms with Gasteiger partial charge in [-0.25, -0.2) is 0 Å². The quantitative estimate of drug-likeness (QED) is 0.771. The maximum absolute atomic E-state index is 6.27. The second-order valence-corrected chi connectivity index (χ2v) is 7.81. The number of pyridine rings is 1. The molecule has 22 heavy (non-hydrogen) atoms. The highest BCUT2D eigenvalue weighted by atomic mass is 79.9. The predicted molar refractivity (Wildman–Crippen MR) is 89.1 cm³/mol. The van der Waals surface area contributed by atoms with Gasteiger partial charge in [-0.05, 0) is 59.9 Å². The van der Waals surface area contributed by atoms with Crippen molar-refractivity contribution in [3.8, 4) is 5.75 Å². The largest absolute Gasteiger partial charge is 0.489 e. The Morgan fingerprint density at radius 2 is 1.91 bits per heavy atom. The van der Waals surface area contributed by atoms with Gasteiger partial charge in [0.2, 0.25) is 0 Å². The first-order valence-corrected chi connectivity index (χ1v) is 9.19. The number of fused-ring (bicyclic) bond motifs is 1. The van der Waals surface area contributed by atoms with E-state index >= 15 is 0 Å². The summed E-state index contributed by atoms with van der Waals surface area (Å²) in [5, 5.41) is 8.02. The Kier molecular flexibility index (Phi) is 3.84. The molecule has 4 rings (SSSR count). The monoisotopic (exact) mass is 363 g/mol. The minimum absolute atomic E-state index is 0.342. The van der Waals surface area contributed by atoms with E-state index in [2.05, 4.69) is 26.1 Å². The lowest BCUT2D eigenvalue weighted by Gasteiger charge is -2.42. The summed E-state index contributed by atoms with van der Waals surface area (Å²) in [7, 11) is 0. The molecular weight excluding hydrogens is 342 g/mol. The van der Waals surface area contributed by atoms with Gasteiger partial charge in [0.1, 0.15) is 12.1 Å². The third kappa shape index (κ3) is 2.75. The standard InChI is InChI=1S/C17H22BrN3O/c18-14-11-21-12-19-20-16(21)10-15(14)22-13-4-8-17(9-5-13)6-2-1-3-7-17/h10-13H,1-9H2. The number of nitrogens with zero attached hydrogens (tertiary/aromatic N) is 3. The van der Waals surface area contributed by atoms with Gasteiger partial charge >= 0.3 is 0 Å². The molecule has 118 valence electrons. The zero-order chi connectivity index (χ0) is 15.0. The van der Waals surface area contributed by atoms with Crippen molar-refractivity contribution in [3.63, 3.8) is 0 Å². The molecule has 2 fully saturated rings. The van der Waals surface area contributed by atoms with Crippen LogP contribution in [0.25, 0.3) is 5.65 Å². The zero-order valence-electron chi connectivity index (χ0n) is 12.8. The van der Waals surface area contributed by atoms with Crippen molar-refractivity contribution in [1.29, 1.82) is 0 Å². The normalized spacial score (nSPS) is 22.2. The van der Waals surface area contributed by atoms with E-state index in [1.54, 1.807) is 6.33 Å². The van der Waals surface area contributed by atoms with Crippen LogP contribution < -0.4 is 4.74 Å². The molecule has 2 saturated carbocycles. The molecular formula is C17H22BrN3O. The van der Waals surface area contributed by atoms with Gasteiger partial charge in [0, 0.05) is 12.3 Å². The molecule has 0 radical (unpaired) electrons. The lowest BCUT2D eigenvalue weighted by atomic mass is 9.65. The van der Waals surface area contributed by atoms with Gasteiger partial charge < -0.3 is 4.74 Å². The van der Waals surface area contributed by atoms with Crippen LogP contribution in [0.2, 0.25) is 0 Å². The molecule has 0 bridgehead atoms. The molecule has 2 aliphatic rings. The first-order chi connectivity index (χ1) is 10.7. The minimum Gasteiger partial charge on any atom is -0.489 e. The Morgan fingerprint density at radius 1 is 1.14 bits per heavy atom. The van der Waals surface area contributed by atoms with Crippen LogP contribution in [-0.4, -0.2) is 20.7 Å². The predicted octanol–water partition coefficient (Wildman–Crippen LogP) is 4.76. The summed E-state index contributed by atoms with van der Waals surface area (Å²) < 4.78 is 9.14. The molecule has 0 amide bonds. The molecule has 1 spiro atoms. The van der Waals surface area contributed by atoms with Crippen molar-refractivity contribution in [1.82, 2.24) is 14.6 Å². The maximum atomic E-state index is 6.27. The number of hydrogen-bond acceptors (Lipinski definition) is 3. The fourth-order valence-electron chi connectivity index (χ4n) is 4.22. The summed E-state index contributed by atoms with van der Waals surface area (Å²) in [6.45, 7) is 0. The Bertz CT molecular complexity index is 653. The van der Waals surface area contributed by atoms with Crippen molar-refractivity contribution in [2.45, 2.75) is 63.9 Å². The van der Waals surface area contributed by atoms with Gasteiger partial charge in [-0.3, -0.25) is 4.40 Å². The van der Waals surface area contributed by atoms with E-state index in [0.717, 1.165) is 15.9 Å². The van der Waals surface area contributed by atoms with Crippen LogP contribution in [0.3, 0.4) is 0 Å². The molecule has 2 aromatic heterocycles. The summed E-state index contributed by atoms with van der Waals surface area (Å²) in [6.07, 6.45) is 16.2. The van der Waals surface area contributed by atoms with Gasteiger partial charge in [0.15, 0.2) is 5.65 Å². The minimum atomic E-state index is 0.342. The second-order valence-electron chi connectivity index (χ2n) is 6.96. The van der Waals surface area contributed by atoms with Crippen LogP contribution in [0.5, 0.6) is 5.75 Å². The summed E-state index contributed by atoms with van der Waals surface area (Å²) >= 11 is 3.60. The summed E-state index contributed by atoms with van der Waals surface area (Å²) in [5.41, 5.74) is 1.48. The molecule has 2 aromatic rings. The van der Waals surface area contributed by atoms with E-state index in [-0.39, 0.29) is 0 Å². The number of halogens is 1. The van der Waals surface area contributed by atoms with Crippen molar-refractivity contribution >= 4 is 21.6 Å². The van der Waals surface area contributed by atoms with E-state index in [0.29, 0.717) is 11.5 Å². The molecule has 2 heterocycles. The van der Waals surface area contributed by atoms with Crippen molar-refractivity contribution in [2.24, 2.45) is 5.41 Å². The van der Waals surface area contributed by atoms with Gasteiger partial charge in [-0.15, -0.1) is 10.2 Å². The average molecular weight is 364 g/mol. The summed E-state index contributed by atoms with van der Waals surface area (Å²) in [6, 6.07) is 1.97. The SMILES string of the molecule is Brc1cn2cnnc2cc1OC1CCC2(CCCCC2)CC1. The molecule has 5 heteroatoms. The van der Waals surface area contributed by atoms with Crippen LogP contribution in [0.4, 0.5) is 0 Å². The van der Waals surface area contributed by atoms with Crippen molar-refractivity contribution in [3.05, 3.63) is 23.1 Å². The maximum Gasteiger partial charge on any atom is 0.164 e. The number of aromatic nitrogens is 3. The van der Waals surface area contributed by atoms with Crippen LogP contribution in [0.15, 0.2) is 23.1 Å². The van der Waals surface area contributed by atoms with Crippen LogP contribution in [0, 0.1) is 5.41 Å². The third-order valence-corrected chi connectivity index (χ3v) is 6.15. The molecule has 2 aliphatic carbocycles. The van der Waals surface area contributed by atoms with Crippen molar-refractivity contribution in [2.75, 3.05) is 0 Å². The van der Waals surface area contributed by atoms with E-state index < -0.39 is 0 Å². The summed E-state index contributed by atoms with van der Waals surface area (Å²) in [4.78, 5) is 0. The Labute approximate surface area is 139 Å². The Balaban J connectivity index is 1.44. The molecule has 0 aromatic carbocycles. The molecule has 0 atom stereocenters. The van der Waals surface area contributed by atoms with E-state index in [1.807, 2.05) is 16.7 Å². The van der Waals surface area contributed by atoms with Crippen LogP contribution in [-0.2, 0) is 0 Å². The highest BCUT2D eigenvalue weighted by Crippen LogP contribution is 2.48. The van der Waals surface area contributed by atoms with Gasteiger partial charge in [-0.1, -0.05) is 19.3 Å². The average Bonchev–Trinajstić information content (AvgIpc) is 2.98. The van der Waals surface area contributed by atoms with E-state index in [1.165, 1.54) is 57.8 Å². The zero-order valence-corrected chi connectivity index (χ0v) is 14.4. The first-order valence-electron chi connectivity index (χ1n) is 8.40. The fourth-order valence-corrected chi connectivity index (χ4v) is 4.65. The number of hydrogen-bond donors (Lipinski definition) is 0. The van der Waals surface area contributed by atoms with Crippen LogP contribution >= 0.6 is 15.9 Å². The highest BCUT2D eigenvalue weighted by molar-refractivity contribution is 9.10. The smallest absolute Gasteiger partial charge is 0.164 e. The second kappa shape index (κ2) is 5.84. The third-order valence-electron chi connectivity index (χ3n) is 5.55. The first kappa shape index (κ1) is 14.5. The van der Waals surface area contributed by atoms with Crippen LogP contribution in [0.1, 0.15) is 57.8 Å². The fraction of sp³-hybridized carbons (Fsp3) is 0.647.